The van der Waals surface area contributed by atoms with E-state index >= 15 is 0 Å². The van der Waals surface area contributed by atoms with Crippen LogP contribution in [0.4, 0.5) is 0 Å². The second-order valence-corrected chi connectivity index (χ2v) is 6.93. The van der Waals surface area contributed by atoms with E-state index < -0.39 is 0 Å². The maximum absolute atomic E-state index is 11.0. The van der Waals surface area contributed by atoms with Crippen molar-refractivity contribution < 1.29 is 14.4 Å². The Morgan fingerprint density at radius 2 is 1.40 bits per heavy atom. The number of hydroxylamine groups is 1. The molecule has 154 valence electrons. The normalized spacial score (nSPS) is 10.9. The molecule has 0 unspecified atom stereocenters. The van der Waals surface area contributed by atoms with E-state index in [0.717, 1.165) is 13.1 Å². The quantitative estimate of drug-likeness (QED) is 0.345. The van der Waals surface area contributed by atoms with Crippen LogP contribution in [0.2, 0.25) is 0 Å². The molecule has 0 aromatic rings. The summed E-state index contributed by atoms with van der Waals surface area (Å²) in [5.74, 6) is 0.444. The molecule has 0 aliphatic rings. The third-order valence-electron chi connectivity index (χ3n) is 2.84. The lowest BCUT2D eigenvalue weighted by Crippen LogP contribution is -2.31. The van der Waals surface area contributed by atoms with Crippen LogP contribution in [0.3, 0.4) is 0 Å². The first-order valence-electron chi connectivity index (χ1n) is 9.12. The van der Waals surface area contributed by atoms with Gasteiger partial charge in [-0.05, 0) is 13.8 Å². The predicted molar refractivity (Wildman–Crippen MR) is 108 cm³/mol. The molecule has 0 fully saturated rings. The lowest BCUT2D eigenvalue weighted by atomic mass is 10.1. The standard InChI is InChI=1S/C10H24N2O2.C8H17NO.CH4/c1-9(2)11-5-8-14-12-6-7-13-10(3)4;1-6(2)8(10)5-9-7(3)4;/h9-12H,5-8H2,1-4H3;6-7,9H,5H2,1-4H3;1H4. The summed E-state index contributed by atoms with van der Waals surface area (Å²) in [6.07, 6.45) is 0.291. The Balaban J connectivity index is -0.000000392. The molecule has 0 heterocycles. The summed E-state index contributed by atoms with van der Waals surface area (Å²) in [6, 6.07) is 0.922. The van der Waals surface area contributed by atoms with Crippen molar-refractivity contribution in [2.24, 2.45) is 5.92 Å². The molecule has 3 N–H and O–H groups in total. The number of carbonyl (C=O) groups excluding carboxylic acids is 1. The minimum atomic E-state index is 0. The van der Waals surface area contributed by atoms with Crippen LogP contribution in [0.1, 0.15) is 62.8 Å². The van der Waals surface area contributed by atoms with E-state index in [1.807, 2.05) is 41.5 Å². The number of rotatable bonds is 13. The summed E-state index contributed by atoms with van der Waals surface area (Å²) >= 11 is 0. The number of hydrogen-bond acceptors (Lipinski definition) is 6. The molecule has 0 amide bonds. The zero-order chi connectivity index (χ0) is 19.0. The molecule has 0 saturated heterocycles. The molecule has 0 aliphatic heterocycles. The van der Waals surface area contributed by atoms with Crippen LogP contribution < -0.4 is 16.1 Å². The van der Waals surface area contributed by atoms with Crippen LogP contribution in [-0.2, 0) is 14.4 Å². The molecule has 0 aromatic carbocycles. The van der Waals surface area contributed by atoms with E-state index in [1.54, 1.807) is 0 Å². The highest BCUT2D eigenvalue weighted by atomic mass is 16.6. The summed E-state index contributed by atoms with van der Waals surface area (Å²) in [4.78, 5) is 16.2. The molecule has 0 bridgehead atoms. The van der Waals surface area contributed by atoms with Gasteiger partial charge >= 0.3 is 0 Å². The smallest absolute Gasteiger partial charge is 0.149 e. The largest absolute Gasteiger partial charge is 0.377 e. The van der Waals surface area contributed by atoms with Crippen LogP contribution in [0, 0.1) is 5.92 Å². The Morgan fingerprint density at radius 1 is 0.840 bits per heavy atom. The first kappa shape index (κ1) is 29.2. The summed E-state index contributed by atoms with van der Waals surface area (Å²) in [6.45, 7) is 19.7. The maximum atomic E-state index is 11.0. The fourth-order valence-electron chi connectivity index (χ4n) is 1.39. The molecule has 0 radical (unpaired) electrons. The molecule has 6 nitrogen and oxygen atoms in total. The third kappa shape index (κ3) is 28.5. The molecular formula is C19H45N3O3. The molecule has 0 rings (SSSR count). The SMILES string of the molecule is C.CC(C)NCC(=O)C(C)C.CC(C)NCCONCCOC(C)C. The van der Waals surface area contributed by atoms with E-state index in [9.17, 15) is 4.79 Å². The van der Waals surface area contributed by atoms with Gasteiger partial charge in [0.2, 0.25) is 0 Å². The van der Waals surface area contributed by atoms with Crippen molar-refractivity contribution in [3.8, 4) is 0 Å². The van der Waals surface area contributed by atoms with Gasteiger partial charge in [-0.1, -0.05) is 49.0 Å². The van der Waals surface area contributed by atoms with Crippen molar-refractivity contribution in [1.29, 1.82) is 0 Å². The van der Waals surface area contributed by atoms with E-state index in [2.05, 4.69) is 30.0 Å². The van der Waals surface area contributed by atoms with Gasteiger partial charge in [0.1, 0.15) is 5.78 Å². The molecule has 0 aliphatic carbocycles. The molecule has 0 saturated carbocycles. The lowest BCUT2D eigenvalue weighted by molar-refractivity contribution is -0.121. The van der Waals surface area contributed by atoms with E-state index in [0.29, 0.717) is 37.9 Å². The predicted octanol–water partition coefficient (Wildman–Crippen LogP) is 2.78. The number of ketones is 1. The Bertz CT molecular complexity index is 269. The fourth-order valence-corrected chi connectivity index (χ4v) is 1.39. The van der Waals surface area contributed by atoms with E-state index in [1.165, 1.54) is 0 Å². The Kier molecular flexibility index (Phi) is 23.1. The summed E-state index contributed by atoms with van der Waals surface area (Å²) in [5, 5.41) is 6.34. The van der Waals surface area contributed by atoms with Crippen molar-refractivity contribution in [2.75, 3.05) is 32.8 Å². The Hall–Kier alpha value is -0.530. The Morgan fingerprint density at radius 3 is 1.84 bits per heavy atom. The van der Waals surface area contributed by atoms with Crippen LogP contribution in [0.25, 0.3) is 0 Å². The monoisotopic (exact) mass is 363 g/mol. The number of carbonyl (C=O) groups is 1. The number of Topliss-reactive ketones (excluding diaryl/α,β-unsaturated/α-hetero) is 1. The first-order chi connectivity index (χ1) is 11.2. The van der Waals surface area contributed by atoms with Crippen LogP contribution >= 0.6 is 0 Å². The summed E-state index contributed by atoms with van der Waals surface area (Å²) in [7, 11) is 0. The van der Waals surface area contributed by atoms with Crippen LogP contribution in [0.15, 0.2) is 0 Å². The minimum Gasteiger partial charge on any atom is -0.377 e. The summed E-state index contributed by atoms with van der Waals surface area (Å²) in [5.41, 5.74) is 2.85. The van der Waals surface area contributed by atoms with Crippen molar-refractivity contribution in [1.82, 2.24) is 16.1 Å². The van der Waals surface area contributed by atoms with Crippen molar-refractivity contribution >= 4 is 5.78 Å². The Labute approximate surface area is 156 Å². The van der Waals surface area contributed by atoms with Gasteiger partial charge < -0.3 is 20.2 Å². The van der Waals surface area contributed by atoms with Crippen LogP contribution in [-0.4, -0.2) is 56.8 Å². The fraction of sp³-hybridized carbons (Fsp3) is 0.947. The van der Waals surface area contributed by atoms with E-state index in [-0.39, 0.29) is 19.1 Å². The number of ether oxygens (including phenoxy) is 1. The molecule has 6 heteroatoms. The van der Waals surface area contributed by atoms with Crippen molar-refractivity contribution in [2.45, 2.75) is 81.0 Å². The highest BCUT2D eigenvalue weighted by Crippen LogP contribution is 1.92. The second kappa shape index (κ2) is 19.8. The first-order valence-corrected chi connectivity index (χ1v) is 9.12. The van der Waals surface area contributed by atoms with Gasteiger partial charge in [-0.2, -0.15) is 0 Å². The average Bonchev–Trinajstić information content (AvgIpc) is 2.47. The topological polar surface area (TPSA) is 71.6 Å². The van der Waals surface area contributed by atoms with Gasteiger partial charge in [-0.3, -0.25) is 4.79 Å². The minimum absolute atomic E-state index is 0. The highest BCUT2D eigenvalue weighted by Gasteiger charge is 2.06. The molecule has 0 spiro atoms. The molecule has 25 heavy (non-hydrogen) atoms. The van der Waals surface area contributed by atoms with Gasteiger partial charge in [0.05, 0.1) is 25.9 Å². The molecule has 0 atom stereocenters. The maximum Gasteiger partial charge on any atom is 0.149 e. The third-order valence-corrected chi connectivity index (χ3v) is 2.84. The molecular weight excluding hydrogens is 318 g/mol. The van der Waals surface area contributed by atoms with Crippen LogP contribution in [0.5, 0.6) is 0 Å². The van der Waals surface area contributed by atoms with Gasteiger partial charge in [-0.25, -0.2) is 5.48 Å². The average molecular weight is 364 g/mol. The zero-order valence-corrected chi connectivity index (χ0v) is 17.1. The summed E-state index contributed by atoms with van der Waals surface area (Å²) < 4.78 is 5.33. The van der Waals surface area contributed by atoms with Gasteiger partial charge in [-0.15, -0.1) is 0 Å². The van der Waals surface area contributed by atoms with Gasteiger partial charge in [0.25, 0.3) is 0 Å². The highest BCUT2D eigenvalue weighted by molar-refractivity contribution is 5.82. The lowest BCUT2D eigenvalue weighted by Gasteiger charge is -2.10. The zero-order valence-electron chi connectivity index (χ0n) is 17.1. The number of hydrogen-bond donors (Lipinski definition) is 3. The van der Waals surface area contributed by atoms with Gasteiger partial charge in [0.15, 0.2) is 0 Å². The molecule has 0 aromatic heterocycles. The van der Waals surface area contributed by atoms with Gasteiger partial charge in [0, 0.05) is 31.1 Å². The van der Waals surface area contributed by atoms with E-state index in [4.69, 9.17) is 9.57 Å². The second-order valence-electron chi connectivity index (χ2n) is 6.93. The van der Waals surface area contributed by atoms with Crippen molar-refractivity contribution in [3.05, 3.63) is 0 Å². The number of nitrogens with one attached hydrogen (secondary N) is 3. The van der Waals surface area contributed by atoms with Crippen molar-refractivity contribution in [3.63, 3.8) is 0 Å².